The Morgan fingerprint density at radius 1 is 1.47 bits per heavy atom. The lowest BCUT2D eigenvalue weighted by molar-refractivity contribution is -0.117. The fourth-order valence-electron chi connectivity index (χ4n) is 3.36. The van der Waals surface area contributed by atoms with Crippen molar-refractivity contribution in [2.24, 2.45) is 13.0 Å². The molecule has 1 saturated carbocycles. The minimum atomic E-state index is -0.0459. The number of anilines is 1. The molecule has 0 bridgehead atoms. The fraction of sp³-hybridized carbons (Fsp3) is 0.714. The molecule has 104 valence electrons. The highest BCUT2D eigenvalue weighted by molar-refractivity contribution is 5.94. The fourth-order valence-corrected chi connectivity index (χ4v) is 3.36. The quantitative estimate of drug-likeness (QED) is 0.851. The van der Waals surface area contributed by atoms with Crippen molar-refractivity contribution in [1.82, 2.24) is 15.1 Å². The Labute approximate surface area is 113 Å². The molecule has 2 fully saturated rings. The lowest BCUT2D eigenvalue weighted by Gasteiger charge is -2.24. The molecule has 19 heavy (non-hydrogen) atoms. The van der Waals surface area contributed by atoms with Crippen LogP contribution >= 0.6 is 0 Å². The molecule has 0 aromatic carbocycles. The number of carbonyl (C=O) groups is 1. The smallest absolute Gasteiger partial charge is 0.242 e. The van der Waals surface area contributed by atoms with Crippen molar-refractivity contribution < 1.29 is 4.79 Å². The molecule has 0 radical (unpaired) electrons. The summed E-state index contributed by atoms with van der Waals surface area (Å²) in [5.41, 5.74) is 1.04. The van der Waals surface area contributed by atoms with E-state index in [1.165, 1.54) is 25.7 Å². The molecule has 1 aromatic heterocycles. The second-order valence-electron chi connectivity index (χ2n) is 5.89. The molecule has 1 aliphatic carbocycles. The number of rotatable bonds is 2. The number of hydrogen-bond donors (Lipinski definition) is 2. The largest absolute Gasteiger partial charge is 0.308 e. The Morgan fingerprint density at radius 2 is 2.26 bits per heavy atom. The van der Waals surface area contributed by atoms with Gasteiger partial charge in [-0.2, -0.15) is 5.10 Å². The summed E-state index contributed by atoms with van der Waals surface area (Å²) in [5, 5.41) is 10.7. The first kappa shape index (κ1) is 12.7. The Balaban J connectivity index is 1.62. The molecule has 3 atom stereocenters. The summed E-state index contributed by atoms with van der Waals surface area (Å²) in [5.74, 6) is 1.41. The maximum atomic E-state index is 12.3. The third-order valence-corrected chi connectivity index (χ3v) is 4.54. The first-order valence-electron chi connectivity index (χ1n) is 7.21. The highest BCUT2D eigenvalue weighted by Crippen LogP contribution is 2.33. The summed E-state index contributed by atoms with van der Waals surface area (Å²) in [6, 6.07) is 2.41. The van der Waals surface area contributed by atoms with Crippen LogP contribution in [0.3, 0.4) is 0 Å². The highest BCUT2D eigenvalue weighted by Gasteiger charge is 2.38. The van der Waals surface area contributed by atoms with E-state index in [4.69, 9.17) is 0 Å². The van der Waals surface area contributed by atoms with Gasteiger partial charge in [0.15, 0.2) is 5.82 Å². The van der Waals surface area contributed by atoms with Crippen molar-refractivity contribution in [1.29, 1.82) is 0 Å². The molecule has 0 spiro atoms. The van der Waals surface area contributed by atoms with E-state index in [0.717, 1.165) is 12.1 Å². The van der Waals surface area contributed by atoms with Gasteiger partial charge in [-0.25, -0.2) is 0 Å². The first-order valence-corrected chi connectivity index (χ1v) is 7.21. The van der Waals surface area contributed by atoms with E-state index in [-0.39, 0.29) is 11.9 Å². The van der Waals surface area contributed by atoms with Crippen LogP contribution in [0.25, 0.3) is 0 Å². The van der Waals surface area contributed by atoms with Crippen molar-refractivity contribution in [2.45, 2.75) is 51.1 Å². The number of amides is 1. The SMILES string of the molecule is Cc1cc(NC(=O)C2CC3CCCCC3N2)nn1C. The summed E-state index contributed by atoms with van der Waals surface area (Å²) < 4.78 is 1.78. The molecular formula is C14H22N4O. The first-order chi connectivity index (χ1) is 9.13. The summed E-state index contributed by atoms with van der Waals surface area (Å²) >= 11 is 0. The molecule has 1 aliphatic heterocycles. The molecule has 1 amide bonds. The van der Waals surface area contributed by atoms with E-state index < -0.39 is 0 Å². The van der Waals surface area contributed by atoms with Gasteiger partial charge in [0.25, 0.3) is 0 Å². The summed E-state index contributed by atoms with van der Waals surface area (Å²) in [7, 11) is 1.88. The van der Waals surface area contributed by atoms with Crippen molar-refractivity contribution >= 4 is 11.7 Å². The van der Waals surface area contributed by atoms with Crippen LogP contribution in [0.4, 0.5) is 5.82 Å². The van der Waals surface area contributed by atoms with Crippen LogP contribution in [0.2, 0.25) is 0 Å². The predicted molar refractivity (Wildman–Crippen MR) is 73.9 cm³/mol. The summed E-state index contributed by atoms with van der Waals surface area (Å²) in [6.45, 7) is 1.98. The molecule has 2 N–H and O–H groups in total. The van der Waals surface area contributed by atoms with Gasteiger partial charge in [0.05, 0.1) is 6.04 Å². The number of carbonyl (C=O) groups excluding carboxylic acids is 1. The summed E-state index contributed by atoms with van der Waals surface area (Å²) in [4.78, 5) is 12.3. The number of nitrogens with zero attached hydrogens (tertiary/aromatic N) is 2. The van der Waals surface area contributed by atoms with Gasteiger partial charge in [-0.1, -0.05) is 12.8 Å². The zero-order chi connectivity index (χ0) is 13.4. The van der Waals surface area contributed by atoms with Crippen LogP contribution in [-0.4, -0.2) is 27.8 Å². The average molecular weight is 262 g/mol. The second kappa shape index (κ2) is 4.96. The molecular weight excluding hydrogens is 240 g/mol. The van der Waals surface area contributed by atoms with Crippen LogP contribution < -0.4 is 10.6 Å². The van der Waals surface area contributed by atoms with E-state index in [0.29, 0.717) is 17.8 Å². The van der Waals surface area contributed by atoms with Gasteiger partial charge in [0.1, 0.15) is 0 Å². The summed E-state index contributed by atoms with van der Waals surface area (Å²) in [6.07, 6.45) is 6.07. The molecule has 1 saturated heterocycles. The number of nitrogens with one attached hydrogen (secondary N) is 2. The molecule has 2 heterocycles. The van der Waals surface area contributed by atoms with Crippen LogP contribution in [0.5, 0.6) is 0 Å². The Kier molecular flexibility index (Phi) is 3.31. The third-order valence-electron chi connectivity index (χ3n) is 4.54. The number of aromatic nitrogens is 2. The van der Waals surface area contributed by atoms with Crippen LogP contribution in [-0.2, 0) is 11.8 Å². The average Bonchev–Trinajstić information content (AvgIpc) is 2.93. The molecule has 1 aromatic rings. The Bertz CT molecular complexity index is 448. The Morgan fingerprint density at radius 3 is 2.95 bits per heavy atom. The van der Waals surface area contributed by atoms with Gasteiger partial charge in [-0.15, -0.1) is 0 Å². The highest BCUT2D eigenvalue weighted by atomic mass is 16.2. The van der Waals surface area contributed by atoms with Crippen LogP contribution in [0.15, 0.2) is 6.07 Å². The van der Waals surface area contributed by atoms with Gasteiger partial charge in [-0.3, -0.25) is 9.48 Å². The van der Waals surface area contributed by atoms with Crippen molar-refractivity contribution in [3.05, 3.63) is 11.8 Å². The van der Waals surface area contributed by atoms with E-state index >= 15 is 0 Å². The molecule has 3 rings (SSSR count). The van der Waals surface area contributed by atoms with E-state index in [1.807, 2.05) is 20.0 Å². The second-order valence-corrected chi connectivity index (χ2v) is 5.89. The van der Waals surface area contributed by atoms with E-state index in [2.05, 4.69) is 15.7 Å². The predicted octanol–water partition coefficient (Wildman–Crippen LogP) is 1.59. The maximum Gasteiger partial charge on any atom is 0.242 e. The van der Waals surface area contributed by atoms with Crippen LogP contribution in [0.1, 0.15) is 37.8 Å². The molecule has 3 unspecified atom stereocenters. The van der Waals surface area contributed by atoms with Crippen molar-refractivity contribution in [2.75, 3.05) is 5.32 Å². The van der Waals surface area contributed by atoms with Gasteiger partial charge in [-0.05, 0) is 32.1 Å². The van der Waals surface area contributed by atoms with Gasteiger partial charge >= 0.3 is 0 Å². The number of hydrogen-bond acceptors (Lipinski definition) is 3. The Hall–Kier alpha value is -1.36. The number of aryl methyl sites for hydroxylation is 2. The van der Waals surface area contributed by atoms with Crippen molar-refractivity contribution in [3.63, 3.8) is 0 Å². The molecule has 5 nitrogen and oxygen atoms in total. The monoisotopic (exact) mass is 262 g/mol. The molecule has 2 aliphatic rings. The lowest BCUT2D eigenvalue weighted by Crippen LogP contribution is -2.40. The van der Waals surface area contributed by atoms with Gasteiger partial charge in [0.2, 0.25) is 5.91 Å². The van der Waals surface area contributed by atoms with Gasteiger partial charge < -0.3 is 10.6 Å². The maximum absolute atomic E-state index is 12.3. The lowest BCUT2D eigenvalue weighted by atomic mass is 9.85. The van der Waals surface area contributed by atoms with Gasteiger partial charge in [0, 0.05) is 24.8 Å². The van der Waals surface area contributed by atoms with Crippen LogP contribution in [0, 0.1) is 12.8 Å². The third kappa shape index (κ3) is 2.52. The topological polar surface area (TPSA) is 59.0 Å². The minimum Gasteiger partial charge on any atom is -0.308 e. The number of fused-ring (bicyclic) bond motifs is 1. The van der Waals surface area contributed by atoms with E-state index in [9.17, 15) is 4.79 Å². The molecule has 5 heteroatoms. The van der Waals surface area contributed by atoms with E-state index in [1.54, 1.807) is 4.68 Å². The zero-order valence-electron chi connectivity index (χ0n) is 11.6. The minimum absolute atomic E-state index is 0.0459. The zero-order valence-corrected chi connectivity index (χ0v) is 11.6. The normalized spacial score (nSPS) is 30.1. The standard InChI is InChI=1S/C14H22N4O/c1-9-7-13(17-18(9)2)16-14(19)12-8-10-5-3-4-6-11(10)15-12/h7,10-12,15H,3-6,8H2,1-2H3,(H,16,17,19). The van der Waals surface area contributed by atoms with Crippen molar-refractivity contribution in [3.8, 4) is 0 Å².